The second-order valence-electron chi connectivity index (χ2n) is 11.4. The zero-order chi connectivity index (χ0) is 31.9. The van der Waals surface area contributed by atoms with E-state index in [-0.39, 0.29) is 35.0 Å². The Balaban J connectivity index is 1.16. The number of methoxy groups -OCH3 is 2. The van der Waals surface area contributed by atoms with E-state index in [1.807, 2.05) is 9.47 Å². The highest BCUT2D eigenvalue weighted by molar-refractivity contribution is 6.00. The van der Waals surface area contributed by atoms with Gasteiger partial charge in [0, 0.05) is 56.3 Å². The summed E-state index contributed by atoms with van der Waals surface area (Å²) >= 11 is 0. The van der Waals surface area contributed by atoms with Gasteiger partial charge in [0.25, 0.3) is 0 Å². The SMILES string of the molecule is COc1cc2ncnc(Oc3ccc(CC(=O)c4cn(C5CC5)c5cc(N6CCNCC6)c(F)cc5c4=O)cc3F)c2cc1OC. The largest absolute Gasteiger partial charge is 0.493 e. The third-order valence-electron chi connectivity index (χ3n) is 8.47. The molecule has 3 heterocycles. The monoisotopic (exact) mass is 627 g/mol. The normalized spacial score (nSPS) is 14.9. The average Bonchev–Trinajstić information content (AvgIpc) is 3.91. The third kappa shape index (κ3) is 5.49. The van der Waals surface area contributed by atoms with Gasteiger partial charge in [-0.05, 0) is 48.7 Å². The molecule has 1 saturated carbocycles. The van der Waals surface area contributed by atoms with Gasteiger partial charge < -0.3 is 29.0 Å². The van der Waals surface area contributed by atoms with Crippen LogP contribution >= 0.6 is 0 Å². The van der Waals surface area contributed by atoms with E-state index < -0.39 is 22.8 Å². The Bertz CT molecular complexity index is 2060. The number of ketones is 1. The zero-order valence-electron chi connectivity index (χ0n) is 25.3. The second-order valence-corrected chi connectivity index (χ2v) is 11.4. The van der Waals surface area contributed by atoms with E-state index >= 15 is 8.78 Å². The maximum absolute atomic E-state index is 15.3. The topological polar surface area (TPSA) is 108 Å². The summed E-state index contributed by atoms with van der Waals surface area (Å²) < 4.78 is 49.1. The van der Waals surface area contributed by atoms with Crippen molar-refractivity contribution in [2.75, 3.05) is 45.3 Å². The van der Waals surface area contributed by atoms with Crippen LogP contribution in [0.15, 0.2) is 59.8 Å². The number of Topliss-reactive ketones (excluding diaryl/α,β-unsaturated/α-hetero) is 1. The first-order valence-electron chi connectivity index (χ1n) is 15.0. The quantitative estimate of drug-likeness (QED) is 0.221. The Kier molecular flexibility index (Phi) is 7.73. The number of benzene rings is 3. The lowest BCUT2D eigenvalue weighted by Gasteiger charge is -2.30. The molecule has 46 heavy (non-hydrogen) atoms. The van der Waals surface area contributed by atoms with Crippen LogP contribution < -0.4 is 29.9 Å². The highest BCUT2D eigenvalue weighted by Crippen LogP contribution is 2.39. The maximum Gasteiger partial charge on any atom is 0.230 e. The van der Waals surface area contributed by atoms with E-state index in [9.17, 15) is 9.59 Å². The first kappa shape index (κ1) is 29.6. The molecule has 0 atom stereocenters. The molecule has 0 unspecified atom stereocenters. The number of hydrogen-bond donors (Lipinski definition) is 1. The van der Waals surface area contributed by atoms with Crippen molar-refractivity contribution in [3.05, 3.63) is 88.0 Å². The molecule has 0 amide bonds. The molecule has 1 aliphatic heterocycles. The molecule has 5 aromatic rings. The van der Waals surface area contributed by atoms with Crippen LogP contribution in [-0.4, -0.2) is 60.7 Å². The molecule has 2 aliphatic rings. The van der Waals surface area contributed by atoms with E-state index in [0.29, 0.717) is 52.3 Å². The van der Waals surface area contributed by atoms with Gasteiger partial charge in [0.15, 0.2) is 34.3 Å². The fourth-order valence-electron chi connectivity index (χ4n) is 5.92. The van der Waals surface area contributed by atoms with Crippen molar-refractivity contribution in [3.63, 3.8) is 0 Å². The number of pyridine rings is 1. The van der Waals surface area contributed by atoms with Crippen LogP contribution in [0, 0.1) is 11.6 Å². The molecular formula is C34H31F2N5O5. The maximum atomic E-state index is 15.3. The van der Waals surface area contributed by atoms with Gasteiger partial charge in [0.05, 0.1) is 41.9 Å². The van der Waals surface area contributed by atoms with Gasteiger partial charge in [-0.25, -0.2) is 18.7 Å². The van der Waals surface area contributed by atoms with Gasteiger partial charge in [-0.15, -0.1) is 0 Å². The molecule has 10 nitrogen and oxygen atoms in total. The van der Waals surface area contributed by atoms with Crippen molar-refractivity contribution in [1.82, 2.24) is 19.9 Å². The summed E-state index contributed by atoms with van der Waals surface area (Å²) in [6.45, 7) is 2.81. The summed E-state index contributed by atoms with van der Waals surface area (Å²) in [7, 11) is 3.01. The summed E-state index contributed by atoms with van der Waals surface area (Å²) in [5.41, 5.74) is 1.34. The minimum absolute atomic E-state index is 0.0497. The van der Waals surface area contributed by atoms with Gasteiger partial charge in [0.2, 0.25) is 5.88 Å². The number of ether oxygens (including phenoxy) is 3. The number of halogens is 2. The van der Waals surface area contributed by atoms with Gasteiger partial charge >= 0.3 is 0 Å². The van der Waals surface area contributed by atoms with Crippen molar-refractivity contribution in [1.29, 1.82) is 0 Å². The van der Waals surface area contributed by atoms with Crippen molar-refractivity contribution >= 4 is 33.3 Å². The molecular weight excluding hydrogens is 596 g/mol. The molecule has 236 valence electrons. The molecule has 12 heteroatoms. The lowest BCUT2D eigenvalue weighted by molar-refractivity contribution is 0.0991. The van der Waals surface area contributed by atoms with Crippen molar-refractivity contribution in [2.45, 2.75) is 25.3 Å². The molecule has 1 N–H and O–H groups in total. The molecule has 1 aliphatic carbocycles. The van der Waals surface area contributed by atoms with Gasteiger partial charge in [-0.2, -0.15) is 0 Å². The summed E-state index contributed by atoms with van der Waals surface area (Å²) in [5.74, 6) is -0.786. The lowest BCUT2D eigenvalue weighted by atomic mass is 10.0. The zero-order valence-corrected chi connectivity index (χ0v) is 25.3. The Labute approximate surface area is 262 Å². The number of hydrogen-bond acceptors (Lipinski definition) is 9. The van der Waals surface area contributed by atoms with E-state index in [1.54, 1.807) is 30.5 Å². The summed E-state index contributed by atoms with van der Waals surface area (Å²) in [4.78, 5) is 37.4. The van der Waals surface area contributed by atoms with Crippen LogP contribution in [0.25, 0.3) is 21.8 Å². The number of rotatable bonds is 9. The standard InChI is InChI=1S/C34H31F2N5O5/c1-44-31-14-21-26(15-32(31)45-2)38-18-39-34(21)46-30-6-3-19(11-25(30)36)12-29(42)23-17-41(20-4-5-20)27-16-28(40-9-7-37-8-10-40)24(35)13-22(27)33(23)43/h3,6,11,13-18,20,37H,4-5,7-10,12H2,1-2H3. The number of carbonyl (C=O) groups excluding carboxylic acids is 1. The Morgan fingerprint density at radius 2 is 1.70 bits per heavy atom. The minimum atomic E-state index is -0.714. The molecule has 0 bridgehead atoms. The van der Waals surface area contributed by atoms with Crippen LogP contribution in [0.1, 0.15) is 34.8 Å². The average molecular weight is 628 g/mol. The number of aromatic nitrogens is 3. The fourth-order valence-corrected chi connectivity index (χ4v) is 5.92. The summed E-state index contributed by atoms with van der Waals surface area (Å²) in [5, 5.41) is 3.91. The number of fused-ring (bicyclic) bond motifs is 2. The van der Waals surface area contributed by atoms with E-state index in [4.69, 9.17) is 14.2 Å². The number of nitrogens with zero attached hydrogens (tertiary/aromatic N) is 4. The van der Waals surface area contributed by atoms with Crippen LogP contribution in [-0.2, 0) is 6.42 Å². The summed E-state index contributed by atoms with van der Waals surface area (Å²) in [6, 6.07) is 10.6. The fraction of sp³-hybridized carbons (Fsp3) is 0.294. The molecule has 7 rings (SSSR count). The molecule has 0 spiro atoms. The van der Waals surface area contributed by atoms with Crippen molar-refractivity contribution in [2.24, 2.45) is 0 Å². The second kappa shape index (κ2) is 12.0. The highest BCUT2D eigenvalue weighted by Gasteiger charge is 2.28. The van der Waals surface area contributed by atoms with Crippen molar-refractivity contribution in [3.8, 4) is 23.1 Å². The van der Waals surface area contributed by atoms with Crippen LogP contribution in [0.3, 0.4) is 0 Å². The summed E-state index contributed by atoms with van der Waals surface area (Å²) in [6.07, 6.45) is 4.46. The van der Waals surface area contributed by atoms with Crippen molar-refractivity contribution < 1.29 is 27.8 Å². The Hall–Kier alpha value is -5.10. The molecule has 2 fully saturated rings. The third-order valence-corrected chi connectivity index (χ3v) is 8.47. The number of anilines is 1. The Morgan fingerprint density at radius 3 is 2.41 bits per heavy atom. The number of piperazine rings is 1. The lowest BCUT2D eigenvalue weighted by Crippen LogP contribution is -2.43. The van der Waals surface area contributed by atoms with Gasteiger partial charge in [-0.3, -0.25) is 9.59 Å². The molecule has 1 saturated heterocycles. The molecule has 0 radical (unpaired) electrons. The predicted molar refractivity (Wildman–Crippen MR) is 169 cm³/mol. The first-order valence-corrected chi connectivity index (χ1v) is 15.0. The van der Waals surface area contributed by atoms with Crippen LogP contribution in [0.2, 0.25) is 0 Å². The predicted octanol–water partition coefficient (Wildman–Crippen LogP) is 5.20. The molecule has 2 aromatic heterocycles. The Morgan fingerprint density at radius 1 is 0.935 bits per heavy atom. The van der Waals surface area contributed by atoms with Crippen LogP contribution in [0.4, 0.5) is 14.5 Å². The van der Waals surface area contributed by atoms with E-state index in [2.05, 4.69) is 15.3 Å². The van der Waals surface area contributed by atoms with E-state index in [0.717, 1.165) is 25.9 Å². The van der Waals surface area contributed by atoms with Gasteiger partial charge in [0.1, 0.15) is 12.1 Å². The minimum Gasteiger partial charge on any atom is -0.493 e. The van der Waals surface area contributed by atoms with Gasteiger partial charge in [-0.1, -0.05) is 6.07 Å². The number of nitrogens with one attached hydrogen (secondary N) is 1. The van der Waals surface area contributed by atoms with E-state index in [1.165, 1.54) is 38.7 Å². The molecule has 3 aromatic carbocycles. The number of carbonyl (C=O) groups is 1. The highest BCUT2D eigenvalue weighted by atomic mass is 19.1. The van der Waals surface area contributed by atoms with Crippen LogP contribution in [0.5, 0.6) is 23.1 Å². The first-order chi connectivity index (χ1) is 22.3. The smallest absolute Gasteiger partial charge is 0.230 e.